The van der Waals surface area contributed by atoms with Crippen LogP contribution in [0, 0.1) is 16.7 Å². The molecule has 2 N–H and O–H groups in total. The Bertz CT molecular complexity index is 1380. The van der Waals surface area contributed by atoms with Crippen LogP contribution in [0.15, 0.2) is 60.7 Å². The van der Waals surface area contributed by atoms with Gasteiger partial charge in [0.2, 0.25) is 11.8 Å². The summed E-state index contributed by atoms with van der Waals surface area (Å²) in [6.45, 7) is 5.82. The van der Waals surface area contributed by atoms with E-state index in [1.54, 1.807) is 6.92 Å². The molecule has 0 radical (unpaired) electrons. The molecule has 5 rings (SSSR count). The van der Waals surface area contributed by atoms with Crippen LogP contribution in [0.4, 0.5) is 0 Å². The molecule has 7 nitrogen and oxygen atoms in total. The van der Waals surface area contributed by atoms with Gasteiger partial charge in [-0.05, 0) is 62.3 Å². The van der Waals surface area contributed by atoms with Gasteiger partial charge in [-0.1, -0.05) is 76.6 Å². The number of allylic oxidation sites excluding steroid dienone is 2. The molecule has 2 fully saturated rings. The van der Waals surface area contributed by atoms with E-state index in [0.717, 1.165) is 22.3 Å². The number of carbonyl (C=O) groups is 4. The number of alkyl halides is 1. The summed E-state index contributed by atoms with van der Waals surface area (Å²) in [4.78, 5) is 55.7. The van der Waals surface area contributed by atoms with Gasteiger partial charge in [0, 0.05) is 6.54 Å². The Balaban J connectivity index is 1.52. The first-order chi connectivity index (χ1) is 18.6. The van der Waals surface area contributed by atoms with Crippen molar-refractivity contribution < 1.29 is 23.9 Å². The Hall–Kier alpha value is -3.10. The van der Waals surface area contributed by atoms with Gasteiger partial charge in [-0.2, -0.15) is 0 Å². The van der Waals surface area contributed by atoms with Crippen molar-refractivity contribution in [3.05, 3.63) is 71.8 Å². The molecule has 39 heavy (non-hydrogen) atoms. The standard InChI is InChI=1S/C31H33BrN2O5/c1-4-39-26(36)21(33)17-11-12-18-34-25(35)24-29(2)22(19-13-7-5-8-14-19)23(20-15-9-6-10-16-20)30(3,27(29)37)31(24,32)28(34)38/h5-10,13-16,21,24H,4,11-12,17-18,33H2,1-3H3/t21-,24?,29?,30?,31?/m0/s1. The highest BCUT2D eigenvalue weighted by atomic mass is 79.9. The zero-order valence-corrected chi connectivity index (χ0v) is 24.0. The average Bonchev–Trinajstić information content (AvgIpc) is 3.31. The van der Waals surface area contributed by atoms with Crippen molar-refractivity contribution in [3.8, 4) is 0 Å². The van der Waals surface area contributed by atoms with Gasteiger partial charge in [0.1, 0.15) is 10.4 Å². The van der Waals surface area contributed by atoms with Gasteiger partial charge in [-0.3, -0.25) is 24.1 Å². The summed E-state index contributed by atoms with van der Waals surface area (Å²) in [6.07, 6.45) is 1.43. The third-order valence-electron chi connectivity index (χ3n) is 8.83. The molecule has 2 bridgehead atoms. The Kier molecular flexibility index (Phi) is 6.92. The number of halogens is 1. The van der Waals surface area contributed by atoms with Crippen molar-refractivity contribution in [2.24, 2.45) is 22.5 Å². The lowest BCUT2D eigenvalue weighted by Crippen LogP contribution is -2.50. The highest BCUT2D eigenvalue weighted by molar-refractivity contribution is 9.10. The van der Waals surface area contributed by atoms with Gasteiger partial charge in [-0.25, -0.2) is 0 Å². The number of carbonyl (C=O) groups excluding carboxylic acids is 4. The molecule has 2 aromatic rings. The van der Waals surface area contributed by atoms with Crippen molar-refractivity contribution in [2.45, 2.75) is 50.4 Å². The number of hydrogen-bond acceptors (Lipinski definition) is 6. The van der Waals surface area contributed by atoms with Crippen LogP contribution in [0.5, 0.6) is 0 Å². The number of nitrogens with zero attached hydrogens (tertiary/aromatic N) is 1. The summed E-state index contributed by atoms with van der Waals surface area (Å²) in [7, 11) is 0. The van der Waals surface area contributed by atoms with Gasteiger partial charge in [0.25, 0.3) is 0 Å². The van der Waals surface area contributed by atoms with Crippen LogP contribution in [0.25, 0.3) is 11.1 Å². The normalized spacial score (nSPS) is 30.2. The molecule has 4 unspecified atom stereocenters. The van der Waals surface area contributed by atoms with Crippen LogP contribution in [0.3, 0.4) is 0 Å². The SMILES string of the molecule is CCOC(=O)[C@@H](N)CCCCN1C(=O)C2C3(C)C(=O)C(C)(C(c4ccccc4)=C3c3ccccc3)C2(Br)C1=O. The van der Waals surface area contributed by atoms with E-state index in [4.69, 9.17) is 10.5 Å². The third kappa shape index (κ3) is 3.64. The van der Waals surface area contributed by atoms with Gasteiger partial charge >= 0.3 is 5.97 Å². The first-order valence-electron chi connectivity index (χ1n) is 13.4. The molecule has 0 aromatic heterocycles. The van der Waals surface area contributed by atoms with Crippen LogP contribution in [0.2, 0.25) is 0 Å². The lowest BCUT2D eigenvalue weighted by molar-refractivity contribution is -0.145. The van der Waals surface area contributed by atoms with E-state index < -0.39 is 33.1 Å². The number of Topliss-reactive ketones (excluding diaryl/α,β-unsaturated/α-hetero) is 1. The Morgan fingerprint density at radius 2 is 1.54 bits per heavy atom. The molecule has 5 atom stereocenters. The molecule has 2 amide bonds. The van der Waals surface area contributed by atoms with Gasteiger partial charge < -0.3 is 10.5 Å². The van der Waals surface area contributed by atoms with Crippen LogP contribution in [-0.4, -0.2) is 52.0 Å². The summed E-state index contributed by atoms with van der Waals surface area (Å²) in [6, 6.07) is 18.6. The number of imide groups is 1. The second kappa shape index (κ2) is 9.82. The number of amides is 2. The topological polar surface area (TPSA) is 107 Å². The van der Waals surface area contributed by atoms with Crippen LogP contribution < -0.4 is 5.73 Å². The first-order valence-corrected chi connectivity index (χ1v) is 14.2. The van der Waals surface area contributed by atoms with E-state index in [2.05, 4.69) is 15.9 Å². The van der Waals surface area contributed by atoms with E-state index in [9.17, 15) is 19.2 Å². The maximum atomic E-state index is 14.4. The van der Waals surface area contributed by atoms with E-state index >= 15 is 0 Å². The molecule has 1 saturated carbocycles. The molecule has 2 aromatic carbocycles. The molecule has 1 aliphatic heterocycles. The Morgan fingerprint density at radius 1 is 0.974 bits per heavy atom. The van der Waals surface area contributed by atoms with E-state index in [-0.39, 0.29) is 30.7 Å². The summed E-state index contributed by atoms with van der Waals surface area (Å²) in [5.74, 6) is -2.17. The predicted octanol–water partition coefficient (Wildman–Crippen LogP) is 4.39. The van der Waals surface area contributed by atoms with Crippen LogP contribution >= 0.6 is 15.9 Å². The Labute approximate surface area is 236 Å². The minimum atomic E-state index is -1.40. The number of hydrogen-bond donors (Lipinski definition) is 1. The van der Waals surface area contributed by atoms with Crippen molar-refractivity contribution >= 4 is 50.6 Å². The number of benzene rings is 2. The number of unbranched alkanes of at least 4 members (excludes halogenated alkanes) is 1. The van der Waals surface area contributed by atoms with Crippen molar-refractivity contribution in [3.63, 3.8) is 0 Å². The van der Waals surface area contributed by atoms with Crippen molar-refractivity contribution in [2.75, 3.05) is 13.2 Å². The minimum Gasteiger partial charge on any atom is -0.465 e. The zero-order valence-electron chi connectivity index (χ0n) is 22.4. The van der Waals surface area contributed by atoms with Gasteiger partial charge in [0.15, 0.2) is 5.78 Å². The molecule has 1 saturated heterocycles. The summed E-state index contributed by atoms with van der Waals surface area (Å²) in [5.41, 5.74) is 6.79. The maximum absolute atomic E-state index is 14.4. The number of ether oxygens (including phenoxy) is 1. The summed E-state index contributed by atoms with van der Waals surface area (Å²) in [5, 5.41) is 0. The average molecular weight is 594 g/mol. The Morgan fingerprint density at radius 3 is 2.10 bits per heavy atom. The molecule has 3 aliphatic rings. The zero-order chi connectivity index (χ0) is 28.2. The van der Waals surface area contributed by atoms with E-state index in [1.165, 1.54) is 4.90 Å². The monoisotopic (exact) mass is 592 g/mol. The highest BCUT2D eigenvalue weighted by Gasteiger charge is 2.85. The third-order valence-corrected chi connectivity index (χ3v) is 10.4. The number of likely N-dealkylation sites (tertiary alicyclic amines) is 1. The lowest BCUT2D eigenvalue weighted by atomic mass is 9.63. The quantitative estimate of drug-likeness (QED) is 0.200. The fraction of sp³-hybridized carbons (Fsp3) is 0.419. The molecule has 204 valence electrons. The van der Waals surface area contributed by atoms with Crippen LogP contribution in [-0.2, 0) is 23.9 Å². The fourth-order valence-corrected chi connectivity index (χ4v) is 8.32. The molecule has 0 spiro atoms. The number of nitrogens with two attached hydrogens (primary N) is 1. The lowest BCUT2D eigenvalue weighted by Gasteiger charge is -2.41. The maximum Gasteiger partial charge on any atom is 0.322 e. The van der Waals surface area contributed by atoms with Crippen molar-refractivity contribution in [1.29, 1.82) is 0 Å². The summed E-state index contributed by atoms with van der Waals surface area (Å²) >= 11 is 3.77. The predicted molar refractivity (Wildman–Crippen MR) is 151 cm³/mol. The minimum absolute atomic E-state index is 0.114. The van der Waals surface area contributed by atoms with E-state index in [1.807, 2.05) is 74.5 Å². The van der Waals surface area contributed by atoms with E-state index in [0.29, 0.717) is 19.3 Å². The highest BCUT2D eigenvalue weighted by Crippen LogP contribution is 2.77. The van der Waals surface area contributed by atoms with Crippen LogP contribution in [0.1, 0.15) is 51.2 Å². The first kappa shape index (κ1) is 27.5. The smallest absolute Gasteiger partial charge is 0.322 e. The number of ketones is 1. The fourth-order valence-electron chi connectivity index (χ4n) is 7.07. The van der Waals surface area contributed by atoms with Gasteiger partial charge in [-0.15, -0.1) is 0 Å². The molecular weight excluding hydrogens is 560 g/mol. The number of rotatable bonds is 9. The molecular formula is C31H33BrN2O5. The molecule has 8 heteroatoms. The summed E-state index contributed by atoms with van der Waals surface area (Å²) < 4.78 is 3.57. The van der Waals surface area contributed by atoms with Crippen molar-refractivity contribution in [1.82, 2.24) is 4.90 Å². The second-order valence-corrected chi connectivity index (χ2v) is 12.2. The number of fused-ring (bicyclic) bond motifs is 5. The second-order valence-electron chi connectivity index (χ2n) is 10.9. The molecule has 1 heterocycles. The molecule has 2 aliphatic carbocycles. The number of esters is 1. The largest absolute Gasteiger partial charge is 0.465 e. The van der Waals surface area contributed by atoms with Gasteiger partial charge in [0.05, 0.1) is 23.4 Å².